The van der Waals surface area contributed by atoms with Gasteiger partial charge in [-0.2, -0.15) is 4.98 Å². The monoisotopic (exact) mass is 488 g/mol. The van der Waals surface area contributed by atoms with Crippen molar-refractivity contribution < 1.29 is 19.7 Å². The van der Waals surface area contributed by atoms with Crippen LogP contribution in [0.4, 0.5) is 17.3 Å². The molecule has 35 heavy (non-hydrogen) atoms. The minimum Gasteiger partial charge on any atom is -0.387 e. The molecular formula is C20H24N8O7. The number of nitrogen functional groups attached to an aromatic ring is 1. The summed E-state index contributed by atoms with van der Waals surface area (Å²) in [6.07, 6.45) is -1.99. The summed E-state index contributed by atoms with van der Waals surface area (Å²) in [5.41, 5.74) is 3.78. The first-order chi connectivity index (χ1) is 16.7. The molecule has 0 bridgehead atoms. The minimum atomic E-state index is -1.41. The van der Waals surface area contributed by atoms with Crippen LogP contribution in [0.25, 0.3) is 11.2 Å². The summed E-state index contributed by atoms with van der Waals surface area (Å²) < 4.78 is 7.04. The Morgan fingerprint density at radius 2 is 1.91 bits per heavy atom. The molecule has 3 heterocycles. The van der Waals surface area contributed by atoms with Gasteiger partial charge in [-0.05, 0) is 12.5 Å². The summed E-state index contributed by atoms with van der Waals surface area (Å²) in [7, 11) is 0. The number of carbonyl (C=O) groups excluding carboxylic acids is 1. The summed E-state index contributed by atoms with van der Waals surface area (Å²) in [6, 6.07) is 0. The van der Waals surface area contributed by atoms with Gasteiger partial charge in [-0.25, -0.2) is 4.98 Å². The molecule has 1 fully saturated rings. The molecular weight excluding hydrogens is 464 g/mol. The molecule has 4 rings (SSSR count). The van der Waals surface area contributed by atoms with Crippen molar-refractivity contribution in [3.63, 3.8) is 0 Å². The summed E-state index contributed by atoms with van der Waals surface area (Å²) in [5.74, 6) is -0.467. The lowest BCUT2D eigenvalue weighted by Gasteiger charge is -2.19. The van der Waals surface area contributed by atoms with Crippen LogP contribution < -0.4 is 38.1 Å². The van der Waals surface area contributed by atoms with Crippen LogP contribution in [0.2, 0.25) is 0 Å². The molecule has 0 spiro atoms. The van der Waals surface area contributed by atoms with Crippen molar-refractivity contribution in [1.29, 1.82) is 0 Å². The zero-order valence-electron chi connectivity index (χ0n) is 18.4. The smallest absolute Gasteiger partial charge is 0.280 e. The van der Waals surface area contributed by atoms with Gasteiger partial charge in [-0.3, -0.25) is 28.7 Å². The first-order valence-corrected chi connectivity index (χ1v) is 10.7. The van der Waals surface area contributed by atoms with E-state index in [0.717, 1.165) is 6.08 Å². The fraction of sp³-hybridized carbons (Fsp3) is 0.400. The molecule has 0 saturated carbocycles. The van der Waals surface area contributed by atoms with E-state index >= 15 is 0 Å². The Morgan fingerprint density at radius 3 is 2.63 bits per heavy atom. The average Bonchev–Trinajstić information content (AvgIpc) is 3.38. The molecule has 4 atom stereocenters. The summed E-state index contributed by atoms with van der Waals surface area (Å²) >= 11 is 0. The van der Waals surface area contributed by atoms with E-state index < -0.39 is 41.0 Å². The van der Waals surface area contributed by atoms with Gasteiger partial charge in [-0.15, -0.1) is 0 Å². The van der Waals surface area contributed by atoms with Crippen LogP contribution in [0.1, 0.15) is 12.6 Å². The number of ether oxygens (including phenoxy) is 1. The number of amides is 1. The van der Waals surface area contributed by atoms with Crippen LogP contribution in [-0.2, 0) is 9.53 Å². The predicted octanol–water partition coefficient (Wildman–Crippen LogP) is -2.87. The minimum absolute atomic E-state index is 0.0189. The third kappa shape index (κ3) is 4.51. The van der Waals surface area contributed by atoms with Crippen molar-refractivity contribution in [2.24, 2.45) is 0 Å². The largest absolute Gasteiger partial charge is 0.387 e. The van der Waals surface area contributed by atoms with Crippen molar-refractivity contribution >= 4 is 34.4 Å². The highest BCUT2D eigenvalue weighted by Crippen LogP contribution is 2.31. The number of aliphatic hydroxyl groups excluding tert-OH is 2. The zero-order valence-corrected chi connectivity index (χ0v) is 18.4. The number of aromatic nitrogens is 4. The van der Waals surface area contributed by atoms with E-state index in [4.69, 9.17) is 10.5 Å². The number of nitrogens with one attached hydrogen (secondary N) is 4. The van der Waals surface area contributed by atoms with Crippen LogP contribution in [-0.4, -0.2) is 73.6 Å². The average molecular weight is 488 g/mol. The molecule has 1 aromatic carbocycles. The Kier molecular flexibility index (Phi) is 6.63. The lowest BCUT2D eigenvalue weighted by atomic mass is 10.1. The zero-order chi connectivity index (χ0) is 25.3. The Morgan fingerprint density at radius 1 is 1.20 bits per heavy atom. The topological polar surface area (TPSA) is 227 Å². The maximum absolute atomic E-state index is 12.0. The first kappa shape index (κ1) is 24.1. The lowest BCUT2D eigenvalue weighted by molar-refractivity contribution is -0.116. The van der Waals surface area contributed by atoms with Gasteiger partial charge in [0.1, 0.15) is 29.7 Å². The molecule has 1 saturated heterocycles. The van der Waals surface area contributed by atoms with Crippen LogP contribution in [0.15, 0.2) is 33.4 Å². The molecule has 1 aliphatic rings. The number of aromatic amines is 1. The number of H-pyrrole nitrogens is 1. The molecule has 1 aliphatic heterocycles. The number of imidazole rings is 1. The fourth-order valence-electron chi connectivity index (χ4n) is 3.77. The van der Waals surface area contributed by atoms with Gasteiger partial charge in [0, 0.05) is 19.6 Å². The number of nitrogens with zero attached hydrogens (tertiary/aromatic N) is 3. The molecule has 1 amide bonds. The van der Waals surface area contributed by atoms with E-state index in [1.54, 1.807) is 0 Å². The molecule has 15 nitrogen and oxygen atoms in total. The second-order valence-corrected chi connectivity index (χ2v) is 7.89. The number of hydrogen-bond acceptors (Lipinski definition) is 12. The quantitative estimate of drug-likeness (QED) is 0.0868. The van der Waals surface area contributed by atoms with Gasteiger partial charge >= 0.3 is 0 Å². The SMILES string of the molecule is C=CC(=O)NCCCNc1c(NC[C@H]2O[C@@H](n3cnc4c(=O)[nH]c(N)nc43)[C@H](O)[C@@H]2O)c(=O)c1=O. The lowest BCUT2D eigenvalue weighted by Crippen LogP contribution is -2.41. The molecule has 3 aromatic rings. The van der Waals surface area contributed by atoms with Crippen LogP contribution >= 0.6 is 0 Å². The van der Waals surface area contributed by atoms with Crippen LogP contribution in [0, 0.1) is 0 Å². The highest BCUT2D eigenvalue weighted by atomic mass is 16.6. The number of aliphatic hydroxyl groups is 2. The van der Waals surface area contributed by atoms with E-state index in [1.165, 1.54) is 10.9 Å². The third-order valence-electron chi connectivity index (χ3n) is 5.59. The summed E-state index contributed by atoms with van der Waals surface area (Å²) in [5, 5.41) is 29.2. The second kappa shape index (κ2) is 9.65. The van der Waals surface area contributed by atoms with Crippen molar-refractivity contribution in [1.82, 2.24) is 24.8 Å². The molecule has 15 heteroatoms. The van der Waals surface area contributed by atoms with E-state index in [1.807, 2.05) is 0 Å². The maximum atomic E-state index is 12.0. The summed E-state index contributed by atoms with van der Waals surface area (Å²) in [4.78, 5) is 57.3. The number of rotatable bonds is 10. The molecule has 0 unspecified atom stereocenters. The normalized spacial score (nSPS) is 21.9. The molecule has 186 valence electrons. The van der Waals surface area contributed by atoms with Gasteiger partial charge in [0.15, 0.2) is 17.4 Å². The molecule has 0 aliphatic carbocycles. The Balaban J connectivity index is 1.39. The number of carbonyl (C=O) groups is 1. The van der Waals surface area contributed by atoms with Crippen molar-refractivity contribution in [2.45, 2.75) is 31.0 Å². The van der Waals surface area contributed by atoms with Crippen molar-refractivity contribution in [3.8, 4) is 0 Å². The molecule has 0 radical (unpaired) electrons. The Bertz CT molecular complexity index is 1390. The van der Waals surface area contributed by atoms with Gasteiger partial charge in [0.2, 0.25) is 11.9 Å². The summed E-state index contributed by atoms with van der Waals surface area (Å²) in [6.45, 7) is 3.92. The fourth-order valence-corrected chi connectivity index (χ4v) is 3.77. The molecule has 8 N–H and O–H groups in total. The maximum Gasteiger partial charge on any atom is 0.280 e. The van der Waals surface area contributed by atoms with Gasteiger partial charge in [-0.1, -0.05) is 6.58 Å². The van der Waals surface area contributed by atoms with Crippen molar-refractivity contribution in [3.05, 3.63) is 49.8 Å². The van der Waals surface area contributed by atoms with Gasteiger partial charge < -0.3 is 36.6 Å². The number of hydrogen-bond donors (Lipinski definition) is 7. The predicted molar refractivity (Wildman–Crippen MR) is 125 cm³/mol. The number of nitrogens with two attached hydrogens (primary N) is 1. The van der Waals surface area contributed by atoms with E-state index in [9.17, 15) is 29.4 Å². The van der Waals surface area contributed by atoms with Crippen LogP contribution in [0.3, 0.4) is 0 Å². The van der Waals surface area contributed by atoms with Crippen molar-refractivity contribution in [2.75, 3.05) is 36.0 Å². The third-order valence-corrected chi connectivity index (χ3v) is 5.59. The van der Waals surface area contributed by atoms with Gasteiger partial charge in [0.25, 0.3) is 16.4 Å². The van der Waals surface area contributed by atoms with E-state index in [0.29, 0.717) is 19.5 Å². The number of fused-ring (bicyclic) bond motifs is 1. The Hall–Kier alpha value is -4.08. The Labute approximate surface area is 196 Å². The van der Waals surface area contributed by atoms with E-state index in [-0.39, 0.29) is 40.9 Å². The van der Waals surface area contributed by atoms with Crippen LogP contribution in [0.5, 0.6) is 0 Å². The first-order valence-electron chi connectivity index (χ1n) is 10.7. The van der Waals surface area contributed by atoms with Gasteiger partial charge in [0.05, 0.1) is 6.33 Å². The molecule has 2 aromatic heterocycles. The highest BCUT2D eigenvalue weighted by molar-refractivity contribution is 5.86. The number of anilines is 3. The van der Waals surface area contributed by atoms with E-state index in [2.05, 4.69) is 37.5 Å². The standard InChI is InChI=1S/C20H24N8O7/c1-2-9(29)22-4-3-5-23-10-11(15(32)14(10)31)24-6-8-13(30)16(33)19(35-8)28-7-25-12-17(28)26-20(21)27-18(12)34/h2,7-8,13,16,19,23-24,30,33H,1,3-6H2,(H,22,29)(H3,21,26,27,34)/t8-,13-,16-,19-/m1/s1. The second-order valence-electron chi connectivity index (χ2n) is 7.89. The highest BCUT2D eigenvalue weighted by Gasteiger charge is 2.44.